The van der Waals surface area contributed by atoms with Crippen LogP contribution in [0.2, 0.25) is 19.6 Å². The summed E-state index contributed by atoms with van der Waals surface area (Å²) < 4.78 is 6.77. The molecule has 1 aromatic heterocycles. The lowest BCUT2D eigenvalue weighted by Gasteiger charge is -2.38. The molecule has 0 bridgehead atoms. The van der Waals surface area contributed by atoms with E-state index in [0.717, 1.165) is 56.1 Å². The molecule has 0 saturated carbocycles. The van der Waals surface area contributed by atoms with Gasteiger partial charge in [0.15, 0.2) is 5.58 Å². The second kappa shape index (κ2) is 15.5. The molecular formula is C63H52N2OSi. The minimum Gasteiger partial charge on any atom is -0.454 e. The Hall–Kier alpha value is -7.66. The van der Waals surface area contributed by atoms with Crippen LogP contribution < -0.4 is 15.0 Å². The Labute approximate surface area is 394 Å². The van der Waals surface area contributed by atoms with E-state index in [1.165, 1.54) is 65.7 Å². The van der Waals surface area contributed by atoms with Crippen LogP contribution >= 0.6 is 0 Å². The van der Waals surface area contributed by atoms with E-state index in [0.29, 0.717) is 0 Å². The zero-order valence-electron chi connectivity index (χ0n) is 38.9. The van der Waals surface area contributed by atoms with E-state index in [-0.39, 0.29) is 5.41 Å². The number of anilines is 6. The third-order valence-corrected chi connectivity index (χ3v) is 16.3. The molecule has 3 nitrogen and oxygen atoms in total. The summed E-state index contributed by atoms with van der Waals surface area (Å²) in [5.74, 6) is 0. The summed E-state index contributed by atoms with van der Waals surface area (Å²) in [5, 5.41) is 8.70. The van der Waals surface area contributed by atoms with Crippen LogP contribution in [-0.2, 0) is 5.41 Å². The lowest BCUT2D eigenvalue weighted by Crippen LogP contribution is -2.37. The third kappa shape index (κ3) is 6.61. The maximum absolute atomic E-state index is 6.77. The highest BCUT2D eigenvalue weighted by atomic mass is 28.3. The molecule has 1 aliphatic rings. The van der Waals surface area contributed by atoms with Gasteiger partial charge in [0, 0.05) is 44.6 Å². The molecule has 324 valence electrons. The summed E-state index contributed by atoms with van der Waals surface area (Å²) in [6.45, 7) is 14.2. The van der Waals surface area contributed by atoms with Crippen molar-refractivity contribution in [1.29, 1.82) is 0 Å². The van der Waals surface area contributed by atoms with Crippen LogP contribution in [0, 0.1) is 6.92 Å². The Morgan fingerprint density at radius 1 is 0.433 bits per heavy atom. The van der Waals surface area contributed by atoms with E-state index >= 15 is 0 Å². The quantitative estimate of drug-likeness (QED) is 0.112. The summed E-state index contributed by atoms with van der Waals surface area (Å²) in [6, 6.07) is 76.2. The number of fused-ring (bicyclic) bond motifs is 7. The standard InChI is InChI=1S/C63H52N2OSi/c1-41-27-29-44(30-28-41)64(43-19-11-8-12-20-43)47-34-38-53-56(40-47)63(2,3)55-24-15-22-50-54-39-46(33-37-51(54)59(61(53)60(50)55)42-17-9-7-10-18-42)65(45-31-35-48(36-32-45)67(4,5)6)57-25-16-23-52-49-21-13-14-26-58(49)66-62(52)57/h7-40H,1-6H3. The number of hydrogen-bond donors (Lipinski definition) is 0. The number of benzene rings is 10. The van der Waals surface area contributed by atoms with Crippen LogP contribution in [0.25, 0.3) is 65.7 Å². The summed E-state index contributed by atoms with van der Waals surface area (Å²) in [5.41, 5.74) is 17.0. The number of nitrogens with zero attached hydrogens (tertiary/aromatic N) is 2. The number of rotatable bonds is 8. The Morgan fingerprint density at radius 2 is 1.03 bits per heavy atom. The molecule has 0 spiro atoms. The highest BCUT2D eigenvalue weighted by molar-refractivity contribution is 6.88. The van der Waals surface area contributed by atoms with Gasteiger partial charge in [0.2, 0.25) is 0 Å². The second-order valence-electron chi connectivity index (χ2n) is 19.8. The second-order valence-corrected chi connectivity index (χ2v) is 24.9. The van der Waals surface area contributed by atoms with Crippen molar-refractivity contribution < 1.29 is 4.42 Å². The number of para-hydroxylation sites is 3. The molecule has 12 rings (SSSR count). The van der Waals surface area contributed by atoms with Crippen LogP contribution in [0.1, 0.15) is 30.5 Å². The average molecular weight is 881 g/mol. The molecule has 1 heterocycles. The van der Waals surface area contributed by atoms with Gasteiger partial charge >= 0.3 is 0 Å². The third-order valence-electron chi connectivity index (χ3n) is 14.2. The fourth-order valence-corrected chi connectivity index (χ4v) is 12.0. The molecule has 0 radical (unpaired) electrons. The molecule has 0 N–H and O–H groups in total. The van der Waals surface area contributed by atoms with E-state index in [9.17, 15) is 0 Å². The topological polar surface area (TPSA) is 19.6 Å². The van der Waals surface area contributed by atoms with Crippen LogP contribution in [0.5, 0.6) is 0 Å². The van der Waals surface area contributed by atoms with Crippen molar-refractivity contribution in [3.63, 3.8) is 0 Å². The summed E-state index contributed by atoms with van der Waals surface area (Å²) in [6.07, 6.45) is 0. The highest BCUT2D eigenvalue weighted by Crippen LogP contribution is 2.56. The molecule has 0 amide bonds. The van der Waals surface area contributed by atoms with Crippen molar-refractivity contribution in [2.24, 2.45) is 0 Å². The largest absolute Gasteiger partial charge is 0.454 e. The number of aryl methyl sites for hydroxylation is 1. The van der Waals surface area contributed by atoms with Crippen molar-refractivity contribution in [2.45, 2.75) is 45.8 Å². The van der Waals surface area contributed by atoms with E-state index in [2.05, 4.69) is 256 Å². The number of hydrogen-bond acceptors (Lipinski definition) is 3. The SMILES string of the molecule is Cc1ccc(N(c2ccccc2)c2ccc3c(c2)C(C)(C)c2cccc4c2c-3c(-c2ccccc2)c2ccc(N(c3ccc([Si](C)(C)C)cc3)c3cccc5c3oc3ccccc35)cc24)cc1. The van der Waals surface area contributed by atoms with Crippen molar-refractivity contribution in [2.75, 3.05) is 9.80 Å². The lowest BCUT2D eigenvalue weighted by atomic mass is 9.66. The molecule has 0 aliphatic heterocycles. The molecule has 10 aromatic carbocycles. The van der Waals surface area contributed by atoms with Gasteiger partial charge in [-0.3, -0.25) is 0 Å². The van der Waals surface area contributed by atoms with E-state index in [1.807, 2.05) is 0 Å². The van der Waals surface area contributed by atoms with Gasteiger partial charge in [-0.25, -0.2) is 0 Å². The number of furan rings is 1. The molecule has 0 unspecified atom stereocenters. The molecule has 1 aliphatic carbocycles. The van der Waals surface area contributed by atoms with Gasteiger partial charge in [-0.2, -0.15) is 0 Å². The first-order valence-corrected chi connectivity index (χ1v) is 27.0. The Morgan fingerprint density at radius 3 is 1.79 bits per heavy atom. The van der Waals surface area contributed by atoms with Gasteiger partial charge in [-0.15, -0.1) is 0 Å². The molecule has 11 aromatic rings. The fraction of sp³-hybridized carbons (Fsp3) is 0.111. The smallest absolute Gasteiger partial charge is 0.159 e. The van der Waals surface area contributed by atoms with E-state index < -0.39 is 8.07 Å². The van der Waals surface area contributed by atoms with Gasteiger partial charge in [0.1, 0.15) is 5.58 Å². The fourth-order valence-electron chi connectivity index (χ4n) is 10.8. The predicted molar refractivity (Wildman–Crippen MR) is 289 cm³/mol. The first kappa shape index (κ1) is 40.8. The van der Waals surface area contributed by atoms with Crippen LogP contribution in [0.3, 0.4) is 0 Å². The Bertz CT molecular complexity index is 3700. The van der Waals surface area contributed by atoms with Gasteiger partial charge in [-0.05, 0) is 135 Å². The zero-order valence-corrected chi connectivity index (χ0v) is 39.9. The normalized spacial score (nSPS) is 13.0. The minimum atomic E-state index is -1.55. The lowest BCUT2D eigenvalue weighted by molar-refractivity contribution is 0.645. The molecular weight excluding hydrogens is 829 g/mol. The van der Waals surface area contributed by atoms with Crippen molar-refractivity contribution in [3.8, 4) is 22.3 Å². The monoisotopic (exact) mass is 880 g/mol. The first-order chi connectivity index (χ1) is 32.5. The van der Waals surface area contributed by atoms with E-state index in [4.69, 9.17) is 4.42 Å². The maximum Gasteiger partial charge on any atom is 0.159 e. The molecule has 0 saturated heterocycles. The summed E-state index contributed by atoms with van der Waals surface area (Å²) in [4.78, 5) is 4.80. The molecule has 4 heteroatoms. The summed E-state index contributed by atoms with van der Waals surface area (Å²) >= 11 is 0. The van der Waals surface area contributed by atoms with Crippen molar-refractivity contribution >= 4 is 90.9 Å². The van der Waals surface area contributed by atoms with E-state index in [1.54, 1.807) is 0 Å². The van der Waals surface area contributed by atoms with Crippen LogP contribution in [-0.4, -0.2) is 8.07 Å². The zero-order chi connectivity index (χ0) is 45.6. The predicted octanol–water partition coefficient (Wildman–Crippen LogP) is 17.7. The minimum absolute atomic E-state index is 0.312. The van der Waals surface area contributed by atoms with Gasteiger partial charge in [-0.1, -0.05) is 178 Å². The van der Waals surface area contributed by atoms with Gasteiger partial charge < -0.3 is 14.2 Å². The van der Waals surface area contributed by atoms with Crippen molar-refractivity contribution in [3.05, 3.63) is 223 Å². The highest BCUT2D eigenvalue weighted by Gasteiger charge is 2.37. The van der Waals surface area contributed by atoms with Crippen molar-refractivity contribution in [1.82, 2.24) is 0 Å². The van der Waals surface area contributed by atoms with Crippen LogP contribution in [0.15, 0.2) is 211 Å². The maximum atomic E-state index is 6.77. The van der Waals surface area contributed by atoms with Crippen LogP contribution in [0.4, 0.5) is 34.1 Å². The van der Waals surface area contributed by atoms with Gasteiger partial charge in [0.25, 0.3) is 0 Å². The molecule has 0 fully saturated rings. The molecule has 67 heavy (non-hydrogen) atoms. The summed E-state index contributed by atoms with van der Waals surface area (Å²) in [7, 11) is -1.55. The van der Waals surface area contributed by atoms with Gasteiger partial charge in [0.05, 0.1) is 13.8 Å². The Kier molecular flexibility index (Phi) is 9.43. The molecule has 0 atom stereocenters. The Balaban J connectivity index is 1.12. The first-order valence-electron chi connectivity index (χ1n) is 23.5. The average Bonchev–Trinajstić information content (AvgIpc) is 3.74.